The number of urea groups is 2. The third kappa shape index (κ3) is 7.66. The maximum atomic E-state index is 12.9. The van der Waals surface area contributed by atoms with E-state index in [4.69, 9.17) is 0 Å². The first-order valence-electron chi connectivity index (χ1n) is 14.3. The summed E-state index contributed by atoms with van der Waals surface area (Å²) < 4.78 is 0. The lowest BCUT2D eigenvalue weighted by Gasteiger charge is -2.22. The van der Waals surface area contributed by atoms with Gasteiger partial charge in [-0.05, 0) is 90.6 Å². The number of anilines is 4. The van der Waals surface area contributed by atoms with Gasteiger partial charge in [-0.15, -0.1) is 0 Å². The van der Waals surface area contributed by atoms with Crippen molar-refractivity contribution in [2.24, 2.45) is 9.98 Å². The van der Waals surface area contributed by atoms with Crippen LogP contribution in [0.5, 0.6) is 0 Å². The van der Waals surface area contributed by atoms with E-state index in [9.17, 15) is 9.59 Å². The van der Waals surface area contributed by atoms with E-state index in [0.29, 0.717) is 22.7 Å². The van der Waals surface area contributed by atoms with Crippen LogP contribution in [0.1, 0.15) is 50.3 Å². The van der Waals surface area contributed by atoms with E-state index < -0.39 is 0 Å². The molecule has 2 aliphatic heterocycles. The smallest absolute Gasteiger partial charge is 0.323 e. The van der Waals surface area contributed by atoms with Gasteiger partial charge in [0.05, 0.1) is 0 Å². The zero-order valence-corrected chi connectivity index (χ0v) is 24.3. The summed E-state index contributed by atoms with van der Waals surface area (Å²) in [6.45, 7) is 9.70. The molecule has 0 saturated heterocycles. The van der Waals surface area contributed by atoms with Gasteiger partial charge in [0, 0.05) is 60.1 Å². The van der Waals surface area contributed by atoms with Gasteiger partial charge in [-0.3, -0.25) is 9.98 Å². The van der Waals surface area contributed by atoms with E-state index in [-0.39, 0.29) is 17.5 Å². The maximum Gasteiger partial charge on any atom is 0.323 e. The summed E-state index contributed by atoms with van der Waals surface area (Å²) >= 11 is 0. The zero-order valence-electron chi connectivity index (χ0n) is 24.3. The number of amides is 4. The fourth-order valence-electron chi connectivity index (χ4n) is 4.67. The molecule has 3 aromatic rings. The highest BCUT2D eigenvalue weighted by Crippen LogP contribution is 2.29. The van der Waals surface area contributed by atoms with Crippen molar-refractivity contribution in [3.05, 3.63) is 83.4 Å². The molecular weight excluding hydrogens is 528 g/mol. The zero-order chi connectivity index (χ0) is 29.5. The fraction of sp³-hybridized carbons (Fsp3) is 0.312. The molecule has 0 unspecified atom stereocenters. The van der Waals surface area contributed by atoms with Crippen LogP contribution in [0.3, 0.4) is 0 Å². The largest absolute Gasteiger partial charge is 0.370 e. The molecule has 10 nitrogen and oxygen atoms in total. The van der Waals surface area contributed by atoms with Gasteiger partial charge in [0.25, 0.3) is 0 Å². The van der Waals surface area contributed by atoms with E-state index >= 15 is 0 Å². The van der Waals surface area contributed by atoms with Crippen LogP contribution < -0.4 is 31.9 Å². The number of nitrogens with one attached hydrogen (secondary N) is 6. The summed E-state index contributed by atoms with van der Waals surface area (Å²) in [6.07, 6.45) is 2.06. The van der Waals surface area contributed by atoms with Gasteiger partial charge in [0.2, 0.25) is 0 Å². The summed E-state index contributed by atoms with van der Waals surface area (Å²) in [7, 11) is 0. The minimum Gasteiger partial charge on any atom is -0.370 e. The lowest BCUT2D eigenvalue weighted by Crippen LogP contribution is -2.30. The minimum atomic E-state index is -0.380. The Morgan fingerprint density at radius 2 is 1.02 bits per heavy atom. The molecule has 218 valence electrons. The number of rotatable bonds is 6. The van der Waals surface area contributed by atoms with E-state index in [1.165, 1.54) is 0 Å². The quantitative estimate of drug-likeness (QED) is 0.227. The Hall–Kier alpha value is -4.86. The molecule has 0 saturated carbocycles. The van der Waals surface area contributed by atoms with Crippen molar-refractivity contribution in [1.82, 2.24) is 10.6 Å². The standard InChI is InChI=1S/C32H38N8O2/c1-32(2,3)23-18-26(39-30(41)37-24-10-6-21(7-11-24)28-33-14-4-15-34-28)20-27(19-23)40-31(42)38-25-12-8-22(9-13-25)29-35-16-5-17-36-29/h6-13,18-20H,4-5,14-17H2,1-3H3,(H,33,34)(H,35,36)(H2,37,39,41)(H2,38,40,42). The van der Waals surface area contributed by atoms with Crippen molar-refractivity contribution in [2.75, 3.05) is 47.4 Å². The molecule has 0 aromatic heterocycles. The minimum absolute atomic E-state index is 0.210. The van der Waals surface area contributed by atoms with Gasteiger partial charge >= 0.3 is 12.1 Å². The molecule has 3 aromatic carbocycles. The van der Waals surface area contributed by atoms with Crippen LogP contribution in [-0.2, 0) is 5.41 Å². The molecule has 6 N–H and O–H groups in total. The molecule has 0 atom stereocenters. The van der Waals surface area contributed by atoms with Gasteiger partial charge in [0.1, 0.15) is 11.7 Å². The summed E-state index contributed by atoms with van der Waals surface area (Å²) in [4.78, 5) is 34.8. The third-order valence-corrected chi connectivity index (χ3v) is 6.94. The maximum absolute atomic E-state index is 12.9. The van der Waals surface area contributed by atoms with E-state index in [1.807, 2.05) is 60.7 Å². The average molecular weight is 567 g/mol. The van der Waals surface area contributed by atoms with Crippen molar-refractivity contribution >= 4 is 46.5 Å². The molecule has 2 aliphatic rings. The van der Waals surface area contributed by atoms with Gasteiger partial charge in [0.15, 0.2) is 0 Å². The Balaban J connectivity index is 1.23. The van der Waals surface area contributed by atoms with Gasteiger partial charge in [-0.2, -0.15) is 0 Å². The predicted octanol–water partition coefficient (Wildman–Crippen LogP) is 5.75. The monoisotopic (exact) mass is 566 g/mol. The van der Waals surface area contributed by atoms with Crippen molar-refractivity contribution < 1.29 is 9.59 Å². The number of hydrogen-bond acceptors (Lipinski definition) is 6. The number of carbonyl (C=O) groups excluding carboxylic acids is 2. The molecule has 0 bridgehead atoms. The Kier molecular flexibility index (Phi) is 8.71. The molecule has 42 heavy (non-hydrogen) atoms. The van der Waals surface area contributed by atoms with Gasteiger partial charge < -0.3 is 31.9 Å². The second-order valence-corrected chi connectivity index (χ2v) is 11.4. The highest BCUT2D eigenvalue weighted by atomic mass is 16.2. The first-order valence-corrected chi connectivity index (χ1v) is 14.3. The van der Waals surface area contributed by atoms with E-state index in [0.717, 1.165) is 67.4 Å². The Bertz CT molecular complexity index is 1380. The summed E-state index contributed by atoms with van der Waals surface area (Å²) in [5, 5.41) is 18.2. The van der Waals surface area contributed by atoms with Crippen LogP contribution in [0, 0.1) is 0 Å². The average Bonchev–Trinajstić information content (AvgIpc) is 2.98. The number of aliphatic imine (C=N–C) groups is 2. The molecule has 5 rings (SSSR count). The van der Waals surface area contributed by atoms with E-state index in [1.54, 1.807) is 6.07 Å². The van der Waals surface area contributed by atoms with Crippen LogP contribution >= 0.6 is 0 Å². The molecule has 0 spiro atoms. The number of amidine groups is 2. The number of hydrogen-bond donors (Lipinski definition) is 6. The van der Waals surface area contributed by atoms with Gasteiger partial charge in [-0.25, -0.2) is 9.59 Å². The highest BCUT2D eigenvalue weighted by molar-refractivity contribution is 6.04. The Morgan fingerprint density at radius 3 is 1.38 bits per heavy atom. The first kappa shape index (κ1) is 28.7. The number of nitrogens with zero attached hydrogens (tertiary/aromatic N) is 2. The third-order valence-electron chi connectivity index (χ3n) is 6.94. The van der Waals surface area contributed by atoms with Crippen LogP contribution in [0.4, 0.5) is 32.3 Å². The molecule has 2 heterocycles. The summed E-state index contributed by atoms with van der Waals surface area (Å²) in [6, 6.07) is 19.9. The molecule has 4 amide bonds. The Morgan fingerprint density at radius 1 is 0.619 bits per heavy atom. The van der Waals surface area contributed by atoms with Crippen molar-refractivity contribution in [2.45, 2.75) is 39.0 Å². The predicted molar refractivity (Wildman–Crippen MR) is 171 cm³/mol. The number of carbonyl (C=O) groups is 2. The fourth-order valence-corrected chi connectivity index (χ4v) is 4.67. The first-order chi connectivity index (χ1) is 20.2. The summed E-state index contributed by atoms with van der Waals surface area (Å²) in [5.41, 5.74) is 5.18. The second kappa shape index (κ2) is 12.8. The Labute approximate surface area is 246 Å². The van der Waals surface area contributed by atoms with Crippen molar-refractivity contribution in [1.29, 1.82) is 0 Å². The highest BCUT2D eigenvalue weighted by Gasteiger charge is 2.17. The van der Waals surface area contributed by atoms with Crippen molar-refractivity contribution in [3.8, 4) is 0 Å². The SMILES string of the molecule is CC(C)(C)c1cc(NC(=O)Nc2ccc(C3=NCCCN3)cc2)cc(NC(=O)Nc2ccc(C3=NCCCN3)cc2)c1. The molecule has 10 heteroatoms. The van der Waals surface area contributed by atoms with Crippen LogP contribution in [0.25, 0.3) is 0 Å². The van der Waals surface area contributed by atoms with E-state index in [2.05, 4.69) is 62.7 Å². The lowest BCUT2D eigenvalue weighted by molar-refractivity contribution is 0.261. The van der Waals surface area contributed by atoms with Crippen LogP contribution in [-0.4, -0.2) is 49.9 Å². The van der Waals surface area contributed by atoms with Crippen molar-refractivity contribution in [3.63, 3.8) is 0 Å². The topological polar surface area (TPSA) is 131 Å². The summed E-state index contributed by atoms with van der Waals surface area (Å²) in [5.74, 6) is 1.76. The van der Waals surface area contributed by atoms with Gasteiger partial charge in [-0.1, -0.05) is 20.8 Å². The second-order valence-electron chi connectivity index (χ2n) is 11.4. The molecule has 0 radical (unpaired) electrons. The van der Waals surface area contributed by atoms with Crippen LogP contribution in [0.15, 0.2) is 76.7 Å². The lowest BCUT2D eigenvalue weighted by atomic mass is 9.86. The van der Waals surface area contributed by atoms with Crippen LogP contribution in [0.2, 0.25) is 0 Å². The molecular formula is C32H38N8O2. The number of benzene rings is 3. The molecule has 0 aliphatic carbocycles. The molecule has 0 fully saturated rings. The normalized spacial score (nSPS) is 14.8.